The number of fused-ring (bicyclic) bond motifs is 3. The quantitative estimate of drug-likeness (QED) is 0.576. The predicted molar refractivity (Wildman–Crippen MR) is 135 cm³/mol. The first kappa shape index (κ1) is 22.6. The molecule has 1 amide bonds. The van der Waals surface area contributed by atoms with Crippen LogP contribution in [0.25, 0.3) is 10.9 Å². The van der Waals surface area contributed by atoms with Crippen molar-refractivity contribution < 1.29 is 14.3 Å². The molecular formula is C28H34N4O3. The van der Waals surface area contributed by atoms with E-state index in [0.29, 0.717) is 24.9 Å². The van der Waals surface area contributed by atoms with E-state index in [-0.39, 0.29) is 24.0 Å². The van der Waals surface area contributed by atoms with Gasteiger partial charge in [0.1, 0.15) is 5.75 Å². The summed E-state index contributed by atoms with van der Waals surface area (Å²) < 4.78 is 13.6. The standard InChI is InChI=1S/C28H34N4O3/c1-34-26-13-7-2-8-19(26)16-31-22-14-20(15-23(31)18-35-17-22)29-28(33)27-24-11-5-6-12-25(24)32(30-27)21-9-3-4-10-21/h2,5-8,11-13,20-23H,3-4,9-10,14-18H2,1H3,(H,29,33)/t20?,22-,23+. The molecular weight excluding hydrogens is 440 g/mol. The van der Waals surface area contributed by atoms with Crippen LogP contribution < -0.4 is 10.1 Å². The van der Waals surface area contributed by atoms with Crippen LogP contribution in [-0.4, -0.2) is 59.0 Å². The number of aromatic nitrogens is 2. The van der Waals surface area contributed by atoms with Crippen LogP contribution in [0.5, 0.6) is 5.75 Å². The van der Waals surface area contributed by atoms with E-state index in [9.17, 15) is 4.79 Å². The summed E-state index contributed by atoms with van der Waals surface area (Å²) in [6.07, 6.45) is 6.50. The zero-order valence-electron chi connectivity index (χ0n) is 20.4. The molecule has 1 unspecified atom stereocenters. The number of morpholine rings is 1. The number of methoxy groups -OCH3 is 1. The number of hydrogen-bond donors (Lipinski definition) is 1. The summed E-state index contributed by atoms with van der Waals surface area (Å²) in [4.78, 5) is 16.0. The Kier molecular flexibility index (Phi) is 6.20. The first-order valence-corrected chi connectivity index (χ1v) is 12.9. The summed E-state index contributed by atoms with van der Waals surface area (Å²) in [6.45, 7) is 2.22. The van der Waals surface area contributed by atoms with Crippen LogP contribution in [0.3, 0.4) is 0 Å². The van der Waals surface area contributed by atoms with Crippen molar-refractivity contribution in [1.29, 1.82) is 0 Å². The van der Waals surface area contributed by atoms with Gasteiger partial charge in [-0.3, -0.25) is 14.4 Å². The zero-order chi connectivity index (χ0) is 23.8. The summed E-state index contributed by atoms with van der Waals surface area (Å²) in [5.74, 6) is 0.867. The van der Waals surface area contributed by atoms with E-state index < -0.39 is 0 Å². The number of para-hydroxylation sites is 2. The maximum atomic E-state index is 13.5. The average Bonchev–Trinajstić information content (AvgIpc) is 3.53. The first-order valence-electron chi connectivity index (χ1n) is 12.9. The molecule has 2 saturated heterocycles. The van der Waals surface area contributed by atoms with Gasteiger partial charge in [-0.05, 0) is 37.8 Å². The van der Waals surface area contributed by atoms with E-state index in [4.69, 9.17) is 14.6 Å². The van der Waals surface area contributed by atoms with E-state index in [2.05, 4.69) is 33.1 Å². The molecule has 2 bridgehead atoms. The third-order valence-electron chi connectivity index (χ3n) is 8.05. The lowest BCUT2D eigenvalue weighted by Gasteiger charge is -2.48. The van der Waals surface area contributed by atoms with Gasteiger partial charge in [-0.15, -0.1) is 0 Å². The molecule has 2 aromatic carbocycles. The lowest BCUT2D eigenvalue weighted by atomic mass is 9.89. The van der Waals surface area contributed by atoms with Crippen LogP contribution in [0.4, 0.5) is 0 Å². The van der Waals surface area contributed by atoms with Crippen molar-refractivity contribution in [3.63, 3.8) is 0 Å². The fraction of sp³-hybridized carbons (Fsp3) is 0.500. The highest BCUT2D eigenvalue weighted by Gasteiger charge is 2.40. The molecule has 1 aromatic heterocycles. The number of nitrogens with one attached hydrogen (secondary N) is 1. The van der Waals surface area contributed by atoms with Crippen molar-refractivity contribution in [3.05, 3.63) is 59.8 Å². The second-order valence-corrected chi connectivity index (χ2v) is 10.2. The van der Waals surface area contributed by atoms with Crippen molar-refractivity contribution in [2.24, 2.45) is 0 Å². The Hall–Kier alpha value is -2.90. The van der Waals surface area contributed by atoms with E-state index >= 15 is 0 Å². The molecule has 3 aliphatic rings. The third-order valence-corrected chi connectivity index (χ3v) is 8.05. The van der Waals surface area contributed by atoms with Crippen molar-refractivity contribution >= 4 is 16.8 Å². The van der Waals surface area contributed by atoms with Gasteiger partial charge < -0.3 is 14.8 Å². The Balaban J connectivity index is 1.19. The maximum absolute atomic E-state index is 13.5. The third kappa shape index (κ3) is 4.32. The van der Waals surface area contributed by atoms with Gasteiger partial charge >= 0.3 is 0 Å². The number of carbonyl (C=O) groups excluding carboxylic acids is 1. The highest BCUT2D eigenvalue weighted by molar-refractivity contribution is 6.05. The summed E-state index contributed by atoms with van der Waals surface area (Å²) >= 11 is 0. The first-order chi connectivity index (χ1) is 17.2. The monoisotopic (exact) mass is 474 g/mol. The molecule has 184 valence electrons. The second kappa shape index (κ2) is 9.63. The van der Waals surface area contributed by atoms with E-state index in [0.717, 1.165) is 48.9 Å². The lowest BCUT2D eigenvalue weighted by Crippen LogP contribution is -2.60. The van der Waals surface area contributed by atoms with Crippen LogP contribution in [0.1, 0.15) is 60.6 Å². The fourth-order valence-corrected chi connectivity index (χ4v) is 6.33. The van der Waals surface area contributed by atoms with Gasteiger partial charge in [-0.1, -0.05) is 49.2 Å². The Morgan fingerprint density at radius 3 is 2.51 bits per heavy atom. The Morgan fingerprint density at radius 2 is 1.74 bits per heavy atom. The van der Waals surface area contributed by atoms with Crippen LogP contribution >= 0.6 is 0 Å². The lowest BCUT2D eigenvalue weighted by molar-refractivity contribution is -0.0845. The minimum Gasteiger partial charge on any atom is -0.496 e. The number of carbonyl (C=O) groups is 1. The van der Waals surface area contributed by atoms with Crippen molar-refractivity contribution in [3.8, 4) is 5.75 Å². The molecule has 3 fully saturated rings. The van der Waals surface area contributed by atoms with Crippen LogP contribution in [0.2, 0.25) is 0 Å². The minimum absolute atomic E-state index is 0.0554. The van der Waals surface area contributed by atoms with Crippen LogP contribution in [-0.2, 0) is 11.3 Å². The van der Waals surface area contributed by atoms with Crippen molar-refractivity contribution in [2.45, 2.75) is 69.2 Å². The van der Waals surface area contributed by atoms with Gasteiger partial charge in [-0.2, -0.15) is 5.10 Å². The molecule has 3 heterocycles. The highest BCUT2D eigenvalue weighted by Crippen LogP contribution is 2.34. The zero-order valence-corrected chi connectivity index (χ0v) is 20.4. The molecule has 35 heavy (non-hydrogen) atoms. The number of rotatable bonds is 6. The molecule has 1 aliphatic carbocycles. The molecule has 3 aromatic rings. The Bertz CT molecular complexity index is 1190. The van der Waals surface area contributed by atoms with Crippen molar-refractivity contribution in [2.75, 3.05) is 20.3 Å². The maximum Gasteiger partial charge on any atom is 0.272 e. The predicted octanol–water partition coefficient (Wildman–Crippen LogP) is 4.32. The Labute approximate surface area is 206 Å². The molecule has 7 nitrogen and oxygen atoms in total. The molecule has 2 aliphatic heterocycles. The van der Waals surface area contributed by atoms with Gasteiger partial charge in [0.25, 0.3) is 5.91 Å². The summed E-state index contributed by atoms with van der Waals surface area (Å²) in [5.41, 5.74) is 2.82. The molecule has 3 atom stereocenters. The summed E-state index contributed by atoms with van der Waals surface area (Å²) in [5, 5.41) is 9.15. The number of piperidine rings is 1. The van der Waals surface area contributed by atoms with Crippen LogP contribution in [0, 0.1) is 0 Å². The average molecular weight is 475 g/mol. The van der Waals surface area contributed by atoms with Gasteiger partial charge in [0, 0.05) is 35.6 Å². The van der Waals surface area contributed by atoms with Gasteiger partial charge in [0.2, 0.25) is 0 Å². The topological polar surface area (TPSA) is 68.6 Å². The van der Waals surface area contributed by atoms with E-state index in [1.54, 1.807) is 7.11 Å². The highest BCUT2D eigenvalue weighted by atomic mass is 16.5. The fourth-order valence-electron chi connectivity index (χ4n) is 6.33. The number of ether oxygens (including phenoxy) is 2. The molecule has 0 radical (unpaired) electrons. The van der Waals surface area contributed by atoms with Crippen molar-refractivity contribution in [1.82, 2.24) is 20.0 Å². The SMILES string of the molecule is COc1ccccc1CN1[C@@H]2COC[C@H]1CC(NC(=O)c1nn(C3CCCC3)c3ccccc13)C2. The molecule has 1 saturated carbocycles. The summed E-state index contributed by atoms with van der Waals surface area (Å²) in [7, 11) is 1.72. The Morgan fingerprint density at radius 1 is 1.03 bits per heavy atom. The normalized spacial score (nSPS) is 25.1. The van der Waals surface area contributed by atoms with Gasteiger partial charge in [0.15, 0.2) is 5.69 Å². The minimum atomic E-state index is -0.0554. The van der Waals surface area contributed by atoms with Gasteiger partial charge in [0.05, 0.1) is 31.9 Å². The number of hydrogen-bond acceptors (Lipinski definition) is 5. The molecule has 7 heteroatoms. The molecule has 1 N–H and O–H groups in total. The smallest absolute Gasteiger partial charge is 0.272 e. The molecule has 6 rings (SSSR count). The second-order valence-electron chi connectivity index (χ2n) is 10.2. The van der Waals surface area contributed by atoms with Crippen LogP contribution in [0.15, 0.2) is 48.5 Å². The number of amides is 1. The van der Waals surface area contributed by atoms with E-state index in [1.165, 1.54) is 18.4 Å². The summed E-state index contributed by atoms with van der Waals surface area (Å²) in [6, 6.07) is 17.4. The molecule has 0 spiro atoms. The number of benzene rings is 2. The van der Waals surface area contributed by atoms with E-state index in [1.807, 2.05) is 30.3 Å². The largest absolute Gasteiger partial charge is 0.496 e. The number of nitrogens with zero attached hydrogens (tertiary/aromatic N) is 3. The van der Waals surface area contributed by atoms with Gasteiger partial charge in [-0.25, -0.2) is 0 Å².